The number of benzene rings is 1. The van der Waals surface area contributed by atoms with E-state index in [4.69, 9.17) is 0 Å². The second kappa shape index (κ2) is 4.44. The van der Waals surface area contributed by atoms with Crippen LogP contribution in [0.15, 0.2) is 22.7 Å². The quantitative estimate of drug-likeness (QED) is 0.879. The molecule has 3 rings (SSSR count). The van der Waals surface area contributed by atoms with Gasteiger partial charge in [0.25, 0.3) is 0 Å². The van der Waals surface area contributed by atoms with Crippen molar-refractivity contribution in [3.8, 4) is 11.4 Å². The molecule has 92 valence electrons. The highest BCUT2D eigenvalue weighted by atomic mass is 79.9. The number of nitrogens with zero attached hydrogens (tertiary/aromatic N) is 2. The second-order valence-corrected chi connectivity index (χ2v) is 5.50. The fourth-order valence-corrected chi connectivity index (χ4v) is 2.93. The minimum atomic E-state index is 0.807. The summed E-state index contributed by atoms with van der Waals surface area (Å²) < 4.78 is 1.05. The average Bonchev–Trinajstić information content (AvgIpc) is 2.77. The van der Waals surface area contributed by atoms with Crippen molar-refractivity contribution in [2.24, 2.45) is 0 Å². The number of hydrogen-bond acceptors (Lipinski definition) is 3. The third-order valence-corrected chi connectivity index (χ3v) is 3.92. The Kier molecular flexibility index (Phi) is 2.92. The standard InChI is InChI=1S/C14H14BrN3/c1-8-3-4-10(12(15)5-8)14-17-9(2)11-6-16-7-13(11)18-14/h3-5,16H,6-7H2,1-2H3. The normalized spacial score (nSPS) is 13.7. The Bertz CT molecular complexity index is 623. The molecule has 0 unspecified atom stereocenters. The van der Waals surface area contributed by atoms with Crippen molar-refractivity contribution in [3.05, 3.63) is 45.2 Å². The van der Waals surface area contributed by atoms with Crippen LogP contribution in [0.25, 0.3) is 11.4 Å². The van der Waals surface area contributed by atoms with Gasteiger partial charge in [0.1, 0.15) is 0 Å². The van der Waals surface area contributed by atoms with Crippen LogP contribution < -0.4 is 5.32 Å². The fraction of sp³-hybridized carbons (Fsp3) is 0.286. The van der Waals surface area contributed by atoms with Gasteiger partial charge in [-0.3, -0.25) is 0 Å². The first kappa shape index (κ1) is 11.8. The molecule has 1 aliphatic rings. The van der Waals surface area contributed by atoms with Crippen LogP contribution in [0.4, 0.5) is 0 Å². The van der Waals surface area contributed by atoms with E-state index >= 15 is 0 Å². The van der Waals surface area contributed by atoms with E-state index < -0.39 is 0 Å². The Morgan fingerprint density at radius 1 is 1.17 bits per heavy atom. The summed E-state index contributed by atoms with van der Waals surface area (Å²) in [5.41, 5.74) is 5.74. The van der Waals surface area contributed by atoms with E-state index in [1.165, 1.54) is 11.1 Å². The van der Waals surface area contributed by atoms with E-state index in [0.717, 1.165) is 40.3 Å². The molecule has 0 amide bonds. The van der Waals surface area contributed by atoms with Crippen LogP contribution in [0.2, 0.25) is 0 Å². The molecule has 0 aliphatic carbocycles. The summed E-state index contributed by atoms with van der Waals surface area (Å²) in [5, 5.41) is 3.32. The van der Waals surface area contributed by atoms with Crippen LogP contribution in [-0.2, 0) is 13.1 Å². The lowest BCUT2D eigenvalue weighted by Crippen LogP contribution is -2.00. The van der Waals surface area contributed by atoms with E-state index in [0.29, 0.717) is 0 Å². The molecular formula is C14H14BrN3. The first-order chi connectivity index (χ1) is 8.65. The van der Waals surface area contributed by atoms with Gasteiger partial charge in [-0.2, -0.15) is 0 Å². The van der Waals surface area contributed by atoms with Crippen molar-refractivity contribution in [2.75, 3.05) is 0 Å². The van der Waals surface area contributed by atoms with Crippen molar-refractivity contribution >= 4 is 15.9 Å². The molecule has 1 aromatic heterocycles. The number of fused-ring (bicyclic) bond motifs is 1. The molecule has 0 saturated carbocycles. The predicted octanol–water partition coefficient (Wildman–Crippen LogP) is 3.13. The smallest absolute Gasteiger partial charge is 0.160 e. The molecule has 2 aromatic rings. The molecule has 1 aromatic carbocycles. The molecular weight excluding hydrogens is 290 g/mol. The van der Waals surface area contributed by atoms with Gasteiger partial charge in [-0.05, 0) is 31.5 Å². The largest absolute Gasteiger partial charge is 0.307 e. The molecule has 2 heterocycles. The van der Waals surface area contributed by atoms with Crippen molar-refractivity contribution in [2.45, 2.75) is 26.9 Å². The summed E-state index contributed by atoms with van der Waals surface area (Å²) in [6.07, 6.45) is 0. The Balaban J connectivity index is 2.15. The van der Waals surface area contributed by atoms with Crippen molar-refractivity contribution in [1.29, 1.82) is 0 Å². The number of nitrogens with one attached hydrogen (secondary N) is 1. The van der Waals surface area contributed by atoms with E-state index in [9.17, 15) is 0 Å². The lowest BCUT2D eigenvalue weighted by molar-refractivity contribution is 0.757. The number of aromatic nitrogens is 2. The fourth-order valence-electron chi connectivity index (χ4n) is 2.26. The van der Waals surface area contributed by atoms with Crippen molar-refractivity contribution < 1.29 is 0 Å². The molecule has 0 fully saturated rings. The van der Waals surface area contributed by atoms with Crippen LogP contribution >= 0.6 is 15.9 Å². The summed E-state index contributed by atoms with van der Waals surface area (Å²) in [4.78, 5) is 9.30. The maximum Gasteiger partial charge on any atom is 0.160 e. The second-order valence-electron chi connectivity index (χ2n) is 4.64. The van der Waals surface area contributed by atoms with Crippen LogP contribution in [0.5, 0.6) is 0 Å². The highest BCUT2D eigenvalue weighted by Crippen LogP contribution is 2.28. The van der Waals surface area contributed by atoms with Gasteiger partial charge in [0.05, 0.1) is 5.69 Å². The van der Waals surface area contributed by atoms with Gasteiger partial charge >= 0.3 is 0 Å². The molecule has 0 spiro atoms. The highest BCUT2D eigenvalue weighted by molar-refractivity contribution is 9.10. The summed E-state index contributed by atoms with van der Waals surface area (Å²) >= 11 is 3.59. The van der Waals surface area contributed by atoms with Gasteiger partial charge in [-0.25, -0.2) is 9.97 Å². The van der Waals surface area contributed by atoms with Gasteiger partial charge in [-0.15, -0.1) is 0 Å². The van der Waals surface area contributed by atoms with Crippen molar-refractivity contribution in [3.63, 3.8) is 0 Å². The highest BCUT2D eigenvalue weighted by Gasteiger charge is 2.17. The third kappa shape index (κ3) is 1.95. The van der Waals surface area contributed by atoms with E-state index in [-0.39, 0.29) is 0 Å². The molecule has 0 saturated heterocycles. The van der Waals surface area contributed by atoms with Gasteiger partial charge < -0.3 is 5.32 Å². The van der Waals surface area contributed by atoms with E-state index in [2.05, 4.69) is 63.3 Å². The average molecular weight is 304 g/mol. The summed E-state index contributed by atoms with van der Waals surface area (Å²) in [7, 11) is 0. The molecule has 3 nitrogen and oxygen atoms in total. The summed E-state index contributed by atoms with van der Waals surface area (Å²) in [6.45, 7) is 5.86. The molecule has 4 heteroatoms. The van der Waals surface area contributed by atoms with Gasteiger partial charge in [0.15, 0.2) is 5.82 Å². The Hall–Kier alpha value is -1.26. The molecule has 18 heavy (non-hydrogen) atoms. The van der Waals surface area contributed by atoms with Gasteiger partial charge in [0, 0.05) is 34.4 Å². The first-order valence-corrected chi connectivity index (χ1v) is 6.78. The van der Waals surface area contributed by atoms with Crippen molar-refractivity contribution in [1.82, 2.24) is 15.3 Å². The number of hydrogen-bond donors (Lipinski definition) is 1. The Labute approximate surface area is 115 Å². The van der Waals surface area contributed by atoms with Crippen LogP contribution in [-0.4, -0.2) is 9.97 Å². The third-order valence-electron chi connectivity index (χ3n) is 3.26. The molecule has 0 radical (unpaired) electrons. The topological polar surface area (TPSA) is 37.8 Å². The van der Waals surface area contributed by atoms with Gasteiger partial charge in [0.2, 0.25) is 0 Å². The van der Waals surface area contributed by atoms with Crippen LogP contribution in [0.1, 0.15) is 22.5 Å². The monoisotopic (exact) mass is 303 g/mol. The lowest BCUT2D eigenvalue weighted by atomic mass is 10.1. The Morgan fingerprint density at radius 3 is 2.78 bits per heavy atom. The maximum absolute atomic E-state index is 4.67. The minimum absolute atomic E-state index is 0.807. The van der Waals surface area contributed by atoms with E-state index in [1.54, 1.807) is 0 Å². The summed E-state index contributed by atoms with van der Waals surface area (Å²) in [6, 6.07) is 6.26. The minimum Gasteiger partial charge on any atom is -0.307 e. The zero-order valence-corrected chi connectivity index (χ0v) is 12.0. The number of halogens is 1. The lowest BCUT2D eigenvalue weighted by Gasteiger charge is -2.08. The van der Waals surface area contributed by atoms with Crippen LogP contribution in [0, 0.1) is 13.8 Å². The number of aryl methyl sites for hydroxylation is 2. The predicted molar refractivity (Wildman–Crippen MR) is 75.2 cm³/mol. The first-order valence-electron chi connectivity index (χ1n) is 5.99. The summed E-state index contributed by atoms with van der Waals surface area (Å²) in [5.74, 6) is 0.807. The zero-order valence-electron chi connectivity index (χ0n) is 10.4. The maximum atomic E-state index is 4.67. The molecule has 1 aliphatic heterocycles. The molecule has 0 bridgehead atoms. The van der Waals surface area contributed by atoms with Gasteiger partial charge in [-0.1, -0.05) is 22.0 Å². The SMILES string of the molecule is Cc1ccc(-c2nc(C)c3c(n2)CNC3)c(Br)c1. The number of rotatable bonds is 1. The Morgan fingerprint density at radius 2 is 2.00 bits per heavy atom. The van der Waals surface area contributed by atoms with Crippen LogP contribution in [0.3, 0.4) is 0 Å². The molecule has 1 N–H and O–H groups in total. The van der Waals surface area contributed by atoms with E-state index in [1.807, 2.05) is 0 Å². The zero-order chi connectivity index (χ0) is 12.7. The molecule has 0 atom stereocenters.